The minimum atomic E-state index is -0.430. The van der Waals surface area contributed by atoms with Crippen molar-refractivity contribution >= 4 is 30.1 Å². The molecule has 0 spiro atoms. The van der Waals surface area contributed by atoms with E-state index in [1.54, 1.807) is 0 Å². The van der Waals surface area contributed by atoms with Gasteiger partial charge in [0, 0.05) is 17.5 Å². The van der Waals surface area contributed by atoms with Crippen LogP contribution >= 0.6 is 24.0 Å². The molecule has 0 aromatic heterocycles. The van der Waals surface area contributed by atoms with Crippen LogP contribution in [0.2, 0.25) is 5.02 Å². The fraction of sp³-hybridized carbons (Fsp3) is 0.556. The molecule has 0 fully saturated rings. The van der Waals surface area contributed by atoms with Crippen LogP contribution in [-0.2, 0) is 0 Å². The SMILES string of the molecule is CCCCCC(CN(C)C)C(O)/C=C/c1ccccc1Cl.Cl. The van der Waals surface area contributed by atoms with Gasteiger partial charge in [-0.05, 0) is 32.1 Å². The number of aliphatic hydroxyl groups is 1. The first-order valence-electron chi connectivity index (χ1n) is 7.80. The molecule has 1 aromatic carbocycles. The molecule has 0 bridgehead atoms. The lowest BCUT2D eigenvalue weighted by Crippen LogP contribution is -2.30. The molecule has 1 rings (SSSR count). The van der Waals surface area contributed by atoms with Gasteiger partial charge in [-0.15, -0.1) is 12.4 Å². The van der Waals surface area contributed by atoms with Crippen LogP contribution in [0.5, 0.6) is 0 Å². The molecule has 4 heteroatoms. The highest BCUT2D eigenvalue weighted by Gasteiger charge is 2.17. The Hall–Kier alpha value is -0.540. The second-order valence-electron chi connectivity index (χ2n) is 5.89. The predicted molar refractivity (Wildman–Crippen MR) is 99.9 cm³/mol. The van der Waals surface area contributed by atoms with Gasteiger partial charge in [0.05, 0.1) is 6.10 Å². The van der Waals surface area contributed by atoms with Crippen molar-refractivity contribution in [2.24, 2.45) is 5.92 Å². The van der Waals surface area contributed by atoms with Gasteiger partial charge in [-0.1, -0.05) is 68.1 Å². The minimum absolute atomic E-state index is 0. The Labute approximate surface area is 146 Å². The van der Waals surface area contributed by atoms with E-state index in [0.29, 0.717) is 0 Å². The van der Waals surface area contributed by atoms with Crippen LogP contribution in [0.25, 0.3) is 6.08 Å². The van der Waals surface area contributed by atoms with E-state index in [2.05, 4.69) is 25.9 Å². The molecule has 0 radical (unpaired) electrons. The third-order valence-electron chi connectivity index (χ3n) is 3.64. The van der Waals surface area contributed by atoms with Crippen LogP contribution in [0.4, 0.5) is 0 Å². The summed E-state index contributed by atoms with van der Waals surface area (Å²) in [5.41, 5.74) is 0.954. The molecule has 0 amide bonds. The summed E-state index contributed by atoms with van der Waals surface area (Å²) in [7, 11) is 4.11. The maximum absolute atomic E-state index is 10.5. The molecule has 0 saturated heterocycles. The highest BCUT2D eigenvalue weighted by molar-refractivity contribution is 6.32. The van der Waals surface area contributed by atoms with Crippen LogP contribution < -0.4 is 0 Å². The summed E-state index contributed by atoms with van der Waals surface area (Å²) in [6.07, 6.45) is 8.04. The van der Waals surface area contributed by atoms with Crippen molar-refractivity contribution in [3.8, 4) is 0 Å². The third-order valence-corrected chi connectivity index (χ3v) is 3.98. The van der Waals surface area contributed by atoms with Crippen molar-refractivity contribution in [1.29, 1.82) is 0 Å². The van der Waals surface area contributed by atoms with Crippen molar-refractivity contribution in [2.75, 3.05) is 20.6 Å². The van der Waals surface area contributed by atoms with E-state index in [9.17, 15) is 5.11 Å². The Kier molecular flexibility index (Phi) is 11.7. The van der Waals surface area contributed by atoms with Gasteiger partial charge in [-0.3, -0.25) is 0 Å². The zero-order chi connectivity index (χ0) is 15.7. The summed E-state index contributed by atoms with van der Waals surface area (Å²) >= 11 is 6.13. The summed E-state index contributed by atoms with van der Waals surface area (Å²) in [5, 5.41) is 11.2. The topological polar surface area (TPSA) is 23.5 Å². The monoisotopic (exact) mass is 345 g/mol. The van der Waals surface area contributed by atoms with Gasteiger partial charge in [0.1, 0.15) is 0 Å². The summed E-state index contributed by atoms with van der Waals surface area (Å²) in [4.78, 5) is 2.14. The first-order valence-corrected chi connectivity index (χ1v) is 8.18. The zero-order valence-electron chi connectivity index (χ0n) is 13.8. The molecule has 0 aliphatic rings. The summed E-state index contributed by atoms with van der Waals surface area (Å²) < 4.78 is 0. The largest absolute Gasteiger partial charge is 0.389 e. The van der Waals surface area contributed by atoms with E-state index in [-0.39, 0.29) is 18.3 Å². The van der Waals surface area contributed by atoms with Crippen LogP contribution in [0.3, 0.4) is 0 Å². The number of hydrogen-bond donors (Lipinski definition) is 1. The van der Waals surface area contributed by atoms with E-state index < -0.39 is 6.10 Å². The molecule has 22 heavy (non-hydrogen) atoms. The maximum atomic E-state index is 10.5. The van der Waals surface area contributed by atoms with Gasteiger partial charge in [-0.25, -0.2) is 0 Å². The molecule has 2 unspecified atom stereocenters. The van der Waals surface area contributed by atoms with E-state index in [1.807, 2.05) is 36.4 Å². The van der Waals surface area contributed by atoms with Gasteiger partial charge in [0.15, 0.2) is 0 Å². The lowest BCUT2D eigenvalue weighted by atomic mass is 9.94. The molecule has 1 N–H and O–H groups in total. The van der Waals surface area contributed by atoms with Gasteiger partial charge in [0.25, 0.3) is 0 Å². The number of aliphatic hydroxyl groups excluding tert-OH is 1. The van der Waals surface area contributed by atoms with Gasteiger partial charge in [-0.2, -0.15) is 0 Å². The van der Waals surface area contributed by atoms with Gasteiger partial charge < -0.3 is 10.0 Å². The fourth-order valence-electron chi connectivity index (χ4n) is 2.47. The van der Waals surface area contributed by atoms with Gasteiger partial charge in [0.2, 0.25) is 0 Å². The van der Waals surface area contributed by atoms with Crippen molar-refractivity contribution in [3.05, 3.63) is 40.9 Å². The lowest BCUT2D eigenvalue weighted by molar-refractivity contribution is 0.122. The second kappa shape index (κ2) is 12.0. The molecule has 0 saturated carbocycles. The molecule has 0 aliphatic heterocycles. The van der Waals surface area contributed by atoms with E-state index in [4.69, 9.17) is 11.6 Å². The number of rotatable bonds is 9. The fourth-order valence-corrected chi connectivity index (χ4v) is 2.66. The Morgan fingerprint density at radius 1 is 1.23 bits per heavy atom. The summed E-state index contributed by atoms with van der Waals surface area (Å²) in [6, 6.07) is 7.70. The average Bonchev–Trinajstić information content (AvgIpc) is 2.45. The summed E-state index contributed by atoms with van der Waals surface area (Å²) in [6.45, 7) is 3.10. The molecule has 1 aromatic rings. The molecule has 2 nitrogen and oxygen atoms in total. The molecule has 0 heterocycles. The molecule has 2 atom stereocenters. The minimum Gasteiger partial charge on any atom is -0.389 e. The van der Waals surface area contributed by atoms with Crippen molar-refractivity contribution < 1.29 is 5.11 Å². The molecule has 126 valence electrons. The number of nitrogens with zero attached hydrogens (tertiary/aromatic N) is 1. The second-order valence-corrected chi connectivity index (χ2v) is 6.30. The van der Waals surface area contributed by atoms with Crippen molar-refractivity contribution in [2.45, 2.75) is 38.7 Å². The lowest BCUT2D eigenvalue weighted by Gasteiger charge is -2.24. The zero-order valence-corrected chi connectivity index (χ0v) is 15.4. The molecular formula is C18H29Cl2NO. The van der Waals surface area contributed by atoms with Crippen LogP contribution in [0.1, 0.15) is 38.2 Å². The quantitative estimate of drug-likeness (QED) is 0.643. The Balaban J connectivity index is 0.00000441. The number of benzene rings is 1. The van der Waals surface area contributed by atoms with E-state index in [1.165, 1.54) is 19.3 Å². The summed E-state index contributed by atoms with van der Waals surface area (Å²) in [5.74, 6) is 0.269. The average molecular weight is 346 g/mol. The Morgan fingerprint density at radius 2 is 1.91 bits per heavy atom. The highest BCUT2D eigenvalue weighted by Crippen LogP contribution is 2.20. The first kappa shape index (κ1) is 21.5. The first-order chi connectivity index (χ1) is 10.0. The van der Waals surface area contributed by atoms with Gasteiger partial charge >= 0.3 is 0 Å². The maximum Gasteiger partial charge on any atom is 0.0764 e. The normalized spacial score (nSPS) is 14.1. The smallest absolute Gasteiger partial charge is 0.0764 e. The Bertz CT molecular complexity index is 435. The standard InChI is InChI=1S/C18H28ClNO.ClH/c1-4-5-6-10-16(14-20(2)3)18(21)13-12-15-9-7-8-11-17(15)19;/h7-9,11-13,16,18,21H,4-6,10,14H2,1-3H3;1H/b13-12+;. The third kappa shape index (κ3) is 8.19. The highest BCUT2D eigenvalue weighted by atomic mass is 35.5. The van der Waals surface area contributed by atoms with Crippen molar-refractivity contribution in [1.82, 2.24) is 4.90 Å². The molecule has 0 aliphatic carbocycles. The van der Waals surface area contributed by atoms with Crippen molar-refractivity contribution in [3.63, 3.8) is 0 Å². The van der Waals surface area contributed by atoms with E-state index in [0.717, 1.165) is 23.6 Å². The van der Waals surface area contributed by atoms with Crippen LogP contribution in [0, 0.1) is 5.92 Å². The number of halogens is 2. The number of unbranched alkanes of at least 4 members (excludes halogenated alkanes) is 2. The van der Waals surface area contributed by atoms with E-state index >= 15 is 0 Å². The molecular weight excluding hydrogens is 317 g/mol. The number of hydrogen-bond acceptors (Lipinski definition) is 2. The van der Waals surface area contributed by atoms with Crippen LogP contribution in [-0.4, -0.2) is 36.8 Å². The van der Waals surface area contributed by atoms with Crippen LogP contribution in [0.15, 0.2) is 30.3 Å². The Morgan fingerprint density at radius 3 is 2.50 bits per heavy atom. The predicted octanol–water partition coefficient (Wildman–Crippen LogP) is 4.89.